The van der Waals surface area contributed by atoms with E-state index in [9.17, 15) is 4.39 Å². The van der Waals surface area contributed by atoms with E-state index < -0.39 is 0 Å². The van der Waals surface area contributed by atoms with E-state index in [0.717, 1.165) is 11.3 Å². The van der Waals surface area contributed by atoms with Crippen LogP contribution in [-0.2, 0) is 6.61 Å². The maximum Gasteiger partial charge on any atom is 0.187 e. The van der Waals surface area contributed by atoms with Crippen LogP contribution in [0.1, 0.15) is 5.56 Å². The molecule has 0 aliphatic heterocycles. The predicted octanol–water partition coefficient (Wildman–Crippen LogP) is 7.45. The van der Waals surface area contributed by atoms with Crippen LogP contribution in [0.2, 0.25) is 0 Å². The highest BCUT2D eigenvalue weighted by atomic mass is 32.2. The molecule has 0 atom stereocenters. The smallest absolute Gasteiger partial charge is 0.187 e. The van der Waals surface area contributed by atoms with Crippen LogP contribution >= 0.6 is 10.5 Å². The molecule has 0 aliphatic carbocycles. The second kappa shape index (κ2) is 7.10. The van der Waals surface area contributed by atoms with Crippen molar-refractivity contribution in [2.75, 3.05) is 0 Å². The average molecular weight is 385 g/mol. The van der Waals surface area contributed by atoms with Gasteiger partial charge in [0.2, 0.25) is 0 Å². The SMILES string of the molecule is Fc1cccc(COc2ccc(-[s+]3c4ccccc4c4ccccc43)cc2)c1. The van der Waals surface area contributed by atoms with Crippen LogP contribution in [0.4, 0.5) is 4.39 Å². The lowest BCUT2D eigenvalue weighted by Gasteiger charge is -2.06. The molecule has 0 amide bonds. The number of thiophene rings is 1. The van der Waals surface area contributed by atoms with Crippen molar-refractivity contribution in [3.8, 4) is 10.6 Å². The molecule has 0 spiro atoms. The number of halogens is 1. The fourth-order valence-electron chi connectivity index (χ4n) is 3.57. The molecule has 5 rings (SSSR count). The zero-order valence-electron chi connectivity index (χ0n) is 15.1. The summed E-state index contributed by atoms with van der Waals surface area (Å²) in [6, 6.07) is 32.1. The summed E-state index contributed by atoms with van der Waals surface area (Å²) in [5.41, 5.74) is 0.824. The summed E-state index contributed by atoms with van der Waals surface area (Å²) in [4.78, 5) is 1.27. The van der Waals surface area contributed by atoms with E-state index in [1.807, 2.05) is 18.2 Å². The summed E-state index contributed by atoms with van der Waals surface area (Å²) >= 11 is 0. The zero-order valence-corrected chi connectivity index (χ0v) is 16.0. The number of fused-ring (bicyclic) bond motifs is 3. The molecule has 0 N–H and O–H groups in total. The molecule has 3 heteroatoms. The first-order valence-electron chi connectivity index (χ1n) is 9.20. The van der Waals surface area contributed by atoms with E-state index in [2.05, 4.69) is 60.7 Å². The standard InChI is InChI=1S/C25H18FOS/c26-19-7-5-6-18(16-19)17-27-20-12-14-21(15-13-20)28-24-10-3-1-8-22(24)23-9-2-4-11-25(23)28/h1-16H,17H2/q+1. The summed E-state index contributed by atoms with van der Waals surface area (Å²) in [6.45, 7) is 0.356. The van der Waals surface area contributed by atoms with E-state index >= 15 is 0 Å². The minimum Gasteiger partial charge on any atom is -0.489 e. The van der Waals surface area contributed by atoms with Crippen molar-refractivity contribution in [1.29, 1.82) is 0 Å². The van der Waals surface area contributed by atoms with Crippen molar-refractivity contribution in [2.45, 2.75) is 6.61 Å². The average Bonchev–Trinajstić information content (AvgIpc) is 3.07. The van der Waals surface area contributed by atoms with Crippen LogP contribution in [0.15, 0.2) is 97.1 Å². The molecule has 1 heterocycles. The van der Waals surface area contributed by atoms with Crippen LogP contribution in [-0.4, -0.2) is 0 Å². The van der Waals surface area contributed by atoms with E-state index in [1.54, 1.807) is 6.07 Å². The number of rotatable bonds is 4. The molecule has 0 bridgehead atoms. The van der Waals surface area contributed by atoms with Gasteiger partial charge in [-0.3, -0.25) is 0 Å². The molecule has 0 aliphatic rings. The van der Waals surface area contributed by atoms with Gasteiger partial charge in [-0.25, -0.2) is 4.39 Å². The van der Waals surface area contributed by atoms with Gasteiger partial charge in [0.05, 0.1) is 0 Å². The molecule has 1 nitrogen and oxygen atoms in total. The molecule has 136 valence electrons. The minimum absolute atomic E-state index is 0.0970. The number of ether oxygens (including phenoxy) is 1. The summed E-state index contributed by atoms with van der Waals surface area (Å²) < 4.78 is 21.9. The Kier molecular flexibility index (Phi) is 4.30. The largest absolute Gasteiger partial charge is 0.489 e. The lowest BCUT2D eigenvalue weighted by Crippen LogP contribution is -1.95. The zero-order chi connectivity index (χ0) is 18.9. The maximum absolute atomic E-state index is 13.3. The van der Waals surface area contributed by atoms with Crippen molar-refractivity contribution in [1.82, 2.24) is 0 Å². The van der Waals surface area contributed by atoms with Gasteiger partial charge in [0.1, 0.15) is 18.2 Å². The Morgan fingerprint density at radius 3 is 1.96 bits per heavy atom. The monoisotopic (exact) mass is 385 g/mol. The van der Waals surface area contributed by atoms with Crippen LogP contribution < -0.4 is 4.74 Å². The quantitative estimate of drug-likeness (QED) is 0.292. The third-order valence-electron chi connectivity index (χ3n) is 4.86. The second-order valence-corrected chi connectivity index (χ2v) is 8.65. The fraction of sp³-hybridized carbons (Fsp3) is 0.0400. The first-order chi connectivity index (χ1) is 13.8. The van der Waals surface area contributed by atoms with Crippen LogP contribution in [0.5, 0.6) is 5.75 Å². The lowest BCUT2D eigenvalue weighted by molar-refractivity contribution is 0.305. The van der Waals surface area contributed by atoms with Crippen molar-refractivity contribution in [3.63, 3.8) is 0 Å². The van der Waals surface area contributed by atoms with Crippen LogP contribution in [0, 0.1) is 5.82 Å². The van der Waals surface area contributed by atoms with Gasteiger partial charge >= 0.3 is 0 Å². The van der Waals surface area contributed by atoms with Gasteiger partial charge in [-0.2, -0.15) is 0 Å². The molecular weight excluding hydrogens is 367 g/mol. The van der Waals surface area contributed by atoms with Crippen LogP contribution in [0.3, 0.4) is 0 Å². The molecule has 1 aromatic heterocycles. The Hall–Kier alpha value is -3.17. The third kappa shape index (κ3) is 3.04. The number of benzene rings is 4. The highest BCUT2D eigenvalue weighted by Gasteiger charge is 2.22. The number of hydrogen-bond donors (Lipinski definition) is 0. The number of hydrogen-bond acceptors (Lipinski definition) is 1. The summed E-state index contributed by atoms with van der Waals surface area (Å²) in [6.07, 6.45) is 0. The molecule has 0 saturated heterocycles. The molecule has 0 fully saturated rings. The Morgan fingerprint density at radius 1 is 0.679 bits per heavy atom. The van der Waals surface area contributed by atoms with Gasteiger partial charge in [0.25, 0.3) is 0 Å². The van der Waals surface area contributed by atoms with Crippen molar-refractivity contribution >= 4 is 30.6 Å². The predicted molar refractivity (Wildman–Crippen MR) is 116 cm³/mol. The van der Waals surface area contributed by atoms with E-state index in [-0.39, 0.29) is 16.3 Å². The van der Waals surface area contributed by atoms with E-state index in [4.69, 9.17) is 4.74 Å². The van der Waals surface area contributed by atoms with Gasteiger partial charge in [-0.1, -0.05) is 36.4 Å². The maximum atomic E-state index is 13.3. The van der Waals surface area contributed by atoms with Gasteiger partial charge in [-0.15, -0.1) is 0 Å². The molecule has 4 aromatic carbocycles. The Labute approximate surface area is 165 Å². The van der Waals surface area contributed by atoms with E-state index in [0.29, 0.717) is 6.61 Å². The Morgan fingerprint density at radius 2 is 1.32 bits per heavy atom. The van der Waals surface area contributed by atoms with Crippen molar-refractivity contribution in [3.05, 3.63) is 108 Å². The van der Waals surface area contributed by atoms with Gasteiger partial charge in [0, 0.05) is 33.4 Å². The molecule has 0 unspecified atom stereocenters. The van der Waals surface area contributed by atoms with E-state index in [1.165, 1.54) is 37.2 Å². The highest BCUT2D eigenvalue weighted by molar-refractivity contribution is 7.50. The second-order valence-electron chi connectivity index (χ2n) is 6.69. The first-order valence-corrected chi connectivity index (χ1v) is 10.4. The summed E-state index contributed by atoms with van der Waals surface area (Å²) in [7, 11) is -0.0970. The van der Waals surface area contributed by atoms with Crippen molar-refractivity contribution in [2.24, 2.45) is 0 Å². The third-order valence-corrected chi connectivity index (χ3v) is 7.19. The molecule has 28 heavy (non-hydrogen) atoms. The molecule has 0 radical (unpaired) electrons. The first kappa shape index (κ1) is 17.0. The fourth-order valence-corrected chi connectivity index (χ4v) is 5.95. The van der Waals surface area contributed by atoms with Crippen molar-refractivity contribution < 1.29 is 9.13 Å². The van der Waals surface area contributed by atoms with Crippen LogP contribution in [0.25, 0.3) is 25.1 Å². The molecular formula is C25H18FOS+. The highest BCUT2D eigenvalue weighted by Crippen LogP contribution is 2.48. The van der Waals surface area contributed by atoms with Gasteiger partial charge in [-0.05, 0) is 54.1 Å². The Balaban J connectivity index is 1.49. The topological polar surface area (TPSA) is 9.23 Å². The van der Waals surface area contributed by atoms with Gasteiger partial charge < -0.3 is 4.74 Å². The normalized spacial score (nSPS) is 11.2. The summed E-state index contributed by atoms with van der Waals surface area (Å²) in [5.74, 6) is 0.550. The summed E-state index contributed by atoms with van der Waals surface area (Å²) in [5, 5.41) is 2.65. The Bertz CT molecular complexity index is 1220. The molecule has 5 aromatic rings. The lowest BCUT2D eigenvalue weighted by atomic mass is 10.2. The minimum atomic E-state index is -0.240. The van der Waals surface area contributed by atoms with Gasteiger partial charge in [0.15, 0.2) is 14.3 Å². The molecule has 0 saturated carbocycles.